The molecular weight excluding hydrogens is 218 g/mol. The van der Waals surface area contributed by atoms with Crippen molar-refractivity contribution in [2.45, 2.75) is 13.8 Å². The molecule has 6 heteroatoms. The second-order valence-corrected chi connectivity index (χ2v) is 3.73. The van der Waals surface area contributed by atoms with Crippen LogP contribution in [0.25, 0.3) is 5.82 Å². The lowest BCUT2D eigenvalue weighted by Crippen LogP contribution is -2.19. The van der Waals surface area contributed by atoms with Crippen molar-refractivity contribution < 1.29 is 5.21 Å². The van der Waals surface area contributed by atoms with Crippen LogP contribution in [0.5, 0.6) is 0 Å². The Hall–Kier alpha value is -2.37. The summed E-state index contributed by atoms with van der Waals surface area (Å²) in [6, 6.07) is 1.88. The molecule has 2 rings (SSSR count). The van der Waals surface area contributed by atoms with E-state index in [0.717, 1.165) is 11.3 Å². The molecule has 0 saturated heterocycles. The number of nitrogens with zero attached hydrogens (tertiary/aromatic N) is 4. The molecule has 0 radical (unpaired) electrons. The molecule has 0 amide bonds. The molecule has 0 atom stereocenters. The Morgan fingerprint density at radius 3 is 2.82 bits per heavy atom. The van der Waals surface area contributed by atoms with Gasteiger partial charge in [-0.05, 0) is 25.5 Å². The summed E-state index contributed by atoms with van der Waals surface area (Å²) in [6.07, 6.45) is 5.03. The fourth-order valence-corrected chi connectivity index (χ4v) is 1.75. The van der Waals surface area contributed by atoms with Gasteiger partial charge in [0.2, 0.25) is 0 Å². The molecule has 0 unspecified atom stereocenters. The van der Waals surface area contributed by atoms with Crippen molar-refractivity contribution >= 4 is 5.84 Å². The predicted octanol–water partition coefficient (Wildman–Crippen LogP) is 0.979. The van der Waals surface area contributed by atoms with Gasteiger partial charge in [-0.3, -0.25) is 4.57 Å². The van der Waals surface area contributed by atoms with Crippen LogP contribution in [0.4, 0.5) is 0 Å². The lowest BCUT2D eigenvalue weighted by molar-refractivity contribution is 0.318. The Morgan fingerprint density at radius 2 is 2.24 bits per heavy atom. The lowest BCUT2D eigenvalue weighted by atomic mass is 10.1. The quantitative estimate of drug-likeness (QED) is 0.349. The van der Waals surface area contributed by atoms with Crippen molar-refractivity contribution in [3.8, 4) is 5.82 Å². The average molecular weight is 231 g/mol. The third-order valence-corrected chi connectivity index (χ3v) is 2.44. The van der Waals surface area contributed by atoms with Gasteiger partial charge < -0.3 is 10.9 Å². The van der Waals surface area contributed by atoms with Crippen LogP contribution in [0, 0.1) is 13.8 Å². The minimum absolute atomic E-state index is 0.0405. The molecule has 0 bridgehead atoms. The zero-order chi connectivity index (χ0) is 12.4. The molecule has 0 spiro atoms. The number of pyridine rings is 1. The van der Waals surface area contributed by atoms with Crippen LogP contribution >= 0.6 is 0 Å². The number of imidazole rings is 1. The van der Waals surface area contributed by atoms with E-state index in [-0.39, 0.29) is 5.84 Å². The van der Waals surface area contributed by atoms with Gasteiger partial charge in [-0.1, -0.05) is 5.16 Å². The molecule has 88 valence electrons. The molecule has 0 aliphatic rings. The Balaban J connectivity index is 2.72. The number of aromatic nitrogens is 3. The fraction of sp³-hybridized carbons (Fsp3) is 0.182. The zero-order valence-corrected chi connectivity index (χ0v) is 9.62. The molecule has 0 aliphatic heterocycles. The van der Waals surface area contributed by atoms with Crippen molar-refractivity contribution in [3.63, 3.8) is 0 Å². The number of aryl methyl sites for hydroxylation is 2. The van der Waals surface area contributed by atoms with E-state index in [4.69, 9.17) is 10.9 Å². The van der Waals surface area contributed by atoms with Crippen LogP contribution in [0.3, 0.4) is 0 Å². The van der Waals surface area contributed by atoms with E-state index in [2.05, 4.69) is 15.1 Å². The molecule has 6 nitrogen and oxygen atoms in total. The fourth-order valence-electron chi connectivity index (χ4n) is 1.75. The zero-order valence-electron chi connectivity index (χ0n) is 9.62. The SMILES string of the molecule is Cc1cc(C)c(C(N)=NO)c(-n2ccnc2)n1. The lowest BCUT2D eigenvalue weighted by Gasteiger charge is -2.12. The topological polar surface area (TPSA) is 89.3 Å². The van der Waals surface area contributed by atoms with Gasteiger partial charge in [0, 0.05) is 18.1 Å². The Morgan fingerprint density at radius 1 is 1.47 bits per heavy atom. The highest BCUT2D eigenvalue weighted by molar-refractivity contribution is 6.01. The maximum absolute atomic E-state index is 8.81. The Kier molecular flexibility index (Phi) is 2.78. The summed E-state index contributed by atoms with van der Waals surface area (Å²) in [4.78, 5) is 8.36. The molecule has 17 heavy (non-hydrogen) atoms. The summed E-state index contributed by atoms with van der Waals surface area (Å²) in [6.45, 7) is 3.78. The smallest absolute Gasteiger partial charge is 0.174 e. The maximum atomic E-state index is 8.81. The molecule has 2 heterocycles. The maximum Gasteiger partial charge on any atom is 0.174 e. The third-order valence-electron chi connectivity index (χ3n) is 2.44. The summed E-state index contributed by atoms with van der Waals surface area (Å²) >= 11 is 0. The number of rotatable bonds is 2. The van der Waals surface area contributed by atoms with Crippen LogP contribution in [0.2, 0.25) is 0 Å². The van der Waals surface area contributed by atoms with Gasteiger partial charge in [0.05, 0.1) is 5.56 Å². The number of hydrogen-bond acceptors (Lipinski definition) is 4. The van der Waals surface area contributed by atoms with Crippen LogP contribution in [-0.2, 0) is 0 Å². The highest BCUT2D eigenvalue weighted by Gasteiger charge is 2.14. The highest BCUT2D eigenvalue weighted by atomic mass is 16.4. The Bertz CT molecular complexity index is 559. The first-order valence-electron chi connectivity index (χ1n) is 5.08. The molecular formula is C11H13N5O. The molecule has 0 aliphatic carbocycles. The van der Waals surface area contributed by atoms with Gasteiger partial charge in [0.25, 0.3) is 0 Å². The van der Waals surface area contributed by atoms with E-state index in [1.165, 1.54) is 0 Å². The van der Waals surface area contributed by atoms with Crippen molar-refractivity contribution in [2.75, 3.05) is 0 Å². The number of hydrogen-bond donors (Lipinski definition) is 2. The summed E-state index contributed by atoms with van der Waals surface area (Å²) in [5, 5.41) is 11.9. The van der Waals surface area contributed by atoms with Gasteiger partial charge in [-0.2, -0.15) is 0 Å². The normalized spacial score (nSPS) is 11.8. The second-order valence-electron chi connectivity index (χ2n) is 3.73. The Labute approximate surface area is 98.4 Å². The van der Waals surface area contributed by atoms with E-state index in [1.54, 1.807) is 23.3 Å². The molecule has 3 N–H and O–H groups in total. The standard InChI is InChI=1S/C11H13N5O/c1-7-5-8(2)14-11(9(7)10(12)15-17)16-4-3-13-6-16/h3-6,17H,1-2H3,(H2,12,15). The number of amidine groups is 1. The van der Waals surface area contributed by atoms with Gasteiger partial charge in [0.1, 0.15) is 12.1 Å². The largest absolute Gasteiger partial charge is 0.409 e. The van der Waals surface area contributed by atoms with Gasteiger partial charge in [-0.25, -0.2) is 9.97 Å². The highest BCUT2D eigenvalue weighted by Crippen LogP contribution is 2.17. The summed E-state index contributed by atoms with van der Waals surface area (Å²) in [5.74, 6) is 0.647. The monoisotopic (exact) mass is 231 g/mol. The van der Waals surface area contributed by atoms with E-state index in [1.807, 2.05) is 19.9 Å². The van der Waals surface area contributed by atoms with Gasteiger partial charge in [0.15, 0.2) is 5.84 Å². The van der Waals surface area contributed by atoms with Crippen molar-refractivity contribution in [1.29, 1.82) is 0 Å². The predicted molar refractivity (Wildman–Crippen MR) is 63.3 cm³/mol. The summed E-state index contributed by atoms with van der Waals surface area (Å²) in [5.41, 5.74) is 8.05. The van der Waals surface area contributed by atoms with Crippen molar-refractivity contribution in [3.05, 3.63) is 41.6 Å². The first kappa shape index (κ1) is 11.1. The van der Waals surface area contributed by atoms with E-state index < -0.39 is 0 Å². The van der Waals surface area contributed by atoms with E-state index in [9.17, 15) is 0 Å². The first-order valence-corrected chi connectivity index (χ1v) is 5.08. The van der Waals surface area contributed by atoms with Crippen LogP contribution in [0.1, 0.15) is 16.8 Å². The van der Waals surface area contributed by atoms with E-state index >= 15 is 0 Å². The average Bonchev–Trinajstić information content (AvgIpc) is 2.80. The molecule has 0 fully saturated rings. The van der Waals surface area contributed by atoms with Gasteiger partial charge >= 0.3 is 0 Å². The molecule has 2 aromatic heterocycles. The molecule has 2 aromatic rings. The van der Waals surface area contributed by atoms with Crippen LogP contribution < -0.4 is 5.73 Å². The first-order chi connectivity index (χ1) is 8.13. The van der Waals surface area contributed by atoms with Crippen LogP contribution in [-0.4, -0.2) is 25.6 Å². The minimum Gasteiger partial charge on any atom is -0.409 e. The van der Waals surface area contributed by atoms with E-state index in [0.29, 0.717) is 11.4 Å². The van der Waals surface area contributed by atoms with Gasteiger partial charge in [-0.15, -0.1) is 0 Å². The summed E-state index contributed by atoms with van der Waals surface area (Å²) < 4.78 is 1.73. The third kappa shape index (κ3) is 1.96. The number of oxime groups is 1. The van der Waals surface area contributed by atoms with Crippen molar-refractivity contribution in [2.24, 2.45) is 10.9 Å². The minimum atomic E-state index is 0.0405. The molecule has 0 aromatic carbocycles. The van der Waals surface area contributed by atoms with Crippen molar-refractivity contribution in [1.82, 2.24) is 14.5 Å². The van der Waals surface area contributed by atoms with Crippen LogP contribution in [0.15, 0.2) is 29.9 Å². The molecule has 0 saturated carbocycles. The summed E-state index contributed by atoms with van der Waals surface area (Å²) in [7, 11) is 0. The second kappa shape index (κ2) is 4.25. The number of nitrogens with two attached hydrogens (primary N) is 1.